The maximum Gasteiger partial charge on any atom is 0.238 e. The number of fused-ring (bicyclic) bond motifs is 9. The lowest BCUT2D eigenvalue weighted by Gasteiger charge is -2.29. The van der Waals surface area contributed by atoms with E-state index >= 15 is 0 Å². The zero-order chi connectivity index (χ0) is 23.8. The molecule has 176 valence electrons. The van der Waals surface area contributed by atoms with Gasteiger partial charge in [-0.2, -0.15) is 0 Å². The second kappa shape index (κ2) is 7.31. The number of nitrogens with zero attached hydrogens (tertiary/aromatic N) is 2. The number of rotatable bonds is 4. The number of carbonyl (C=O) groups is 2. The predicted octanol–water partition coefficient (Wildman–Crippen LogP) is 4.03. The molecule has 0 N–H and O–H groups in total. The fourth-order valence-corrected chi connectivity index (χ4v) is 6.93. The molecule has 2 saturated carbocycles. The van der Waals surface area contributed by atoms with E-state index in [4.69, 9.17) is 14.3 Å². The maximum atomic E-state index is 13.7. The molecule has 3 aromatic rings. The van der Waals surface area contributed by atoms with Crippen molar-refractivity contribution in [2.45, 2.75) is 12.5 Å². The van der Waals surface area contributed by atoms with Crippen molar-refractivity contribution < 1.29 is 23.9 Å². The molecule has 3 fully saturated rings. The third-order valence-corrected chi connectivity index (χ3v) is 8.36. The average molecular weight is 469 g/mol. The van der Waals surface area contributed by atoms with Crippen molar-refractivity contribution in [2.75, 3.05) is 19.1 Å². The molecule has 35 heavy (non-hydrogen) atoms. The quantitative estimate of drug-likeness (QED) is 0.541. The first-order valence-corrected chi connectivity index (χ1v) is 11.9. The van der Waals surface area contributed by atoms with Crippen LogP contribution in [0.3, 0.4) is 0 Å². The van der Waals surface area contributed by atoms with Crippen molar-refractivity contribution in [3.63, 3.8) is 0 Å². The Morgan fingerprint density at radius 2 is 1.57 bits per heavy atom. The van der Waals surface area contributed by atoms with Crippen LogP contribution in [-0.4, -0.2) is 37.8 Å². The molecule has 1 saturated heterocycles. The van der Waals surface area contributed by atoms with Crippen molar-refractivity contribution >= 4 is 34.0 Å². The van der Waals surface area contributed by atoms with Gasteiger partial charge in [0, 0.05) is 17.4 Å². The summed E-state index contributed by atoms with van der Waals surface area (Å²) in [6.45, 7) is 0. The fourth-order valence-electron chi connectivity index (χ4n) is 6.93. The Bertz CT molecular complexity index is 1430. The van der Waals surface area contributed by atoms with E-state index < -0.39 is 0 Å². The minimum absolute atomic E-state index is 0.0155. The van der Waals surface area contributed by atoms with Gasteiger partial charge in [0.1, 0.15) is 6.10 Å². The van der Waals surface area contributed by atoms with Crippen LogP contribution in [0.2, 0.25) is 0 Å². The summed E-state index contributed by atoms with van der Waals surface area (Å²) in [5.74, 6) is 0.350. The highest BCUT2D eigenvalue weighted by atomic mass is 16.6. The molecule has 2 aliphatic carbocycles. The number of methoxy groups -OCH3 is 2. The number of anilines is 1. The summed E-state index contributed by atoms with van der Waals surface area (Å²) in [6.07, 6.45) is 0.623. The van der Waals surface area contributed by atoms with E-state index in [-0.39, 0.29) is 47.5 Å². The van der Waals surface area contributed by atoms with E-state index in [0.717, 1.165) is 28.5 Å². The van der Waals surface area contributed by atoms with Crippen LogP contribution in [0.5, 0.6) is 11.5 Å². The summed E-state index contributed by atoms with van der Waals surface area (Å²) < 4.78 is 10.8. The number of imide groups is 1. The molecule has 7 rings (SSSR count). The molecule has 3 aromatic carbocycles. The van der Waals surface area contributed by atoms with Crippen molar-refractivity contribution in [2.24, 2.45) is 34.7 Å². The van der Waals surface area contributed by atoms with E-state index in [1.54, 1.807) is 14.2 Å². The third-order valence-electron chi connectivity index (χ3n) is 8.36. The molecule has 0 radical (unpaired) electrons. The van der Waals surface area contributed by atoms with E-state index in [9.17, 15) is 9.59 Å². The standard InChI is InChI=1S/C28H24N2O5/c1-33-20-10-8-16(12-21(20)34-2)25-24-18-13-19(26(24)35-29-25)23-22(18)27(31)30(28(23)32)17-9-7-14-5-3-4-6-15(14)11-17/h3-12,18-19,22-24,26H,13H2,1-2H3/t18-,19-,22-,23-,24+,26-/m1/s1. The van der Waals surface area contributed by atoms with Gasteiger partial charge in [-0.3, -0.25) is 14.5 Å². The van der Waals surface area contributed by atoms with Crippen LogP contribution in [0.1, 0.15) is 12.0 Å². The molecule has 4 aliphatic rings. The molecule has 7 heteroatoms. The lowest BCUT2D eigenvalue weighted by molar-refractivity contribution is -0.125. The number of oxime groups is 1. The SMILES string of the molecule is COc1ccc(C2=NO[C@@H]3[C@@H]4C[C@@H]([C@@H]23)[C@H]2C(=O)N(c3ccc5ccccc5c3)C(=O)[C@H]42)cc1OC. The van der Waals surface area contributed by atoms with Crippen molar-refractivity contribution in [1.82, 2.24) is 0 Å². The Balaban J connectivity index is 1.23. The second-order valence-electron chi connectivity index (χ2n) is 9.80. The smallest absolute Gasteiger partial charge is 0.238 e. The average Bonchev–Trinajstić information content (AvgIpc) is 3.63. The molecule has 2 bridgehead atoms. The first-order valence-electron chi connectivity index (χ1n) is 11.9. The molecule has 0 aromatic heterocycles. The molecule has 2 heterocycles. The summed E-state index contributed by atoms with van der Waals surface area (Å²) in [4.78, 5) is 34.7. The molecule has 6 atom stereocenters. The maximum absolute atomic E-state index is 13.7. The second-order valence-corrected chi connectivity index (χ2v) is 9.80. The topological polar surface area (TPSA) is 77.4 Å². The highest BCUT2D eigenvalue weighted by Crippen LogP contribution is 2.62. The normalized spacial score (nSPS) is 30.3. The molecule has 2 amide bonds. The Morgan fingerprint density at radius 1 is 0.829 bits per heavy atom. The molecule has 0 spiro atoms. The molecule has 2 aliphatic heterocycles. The number of ether oxygens (including phenoxy) is 2. The van der Waals surface area contributed by atoms with Gasteiger partial charge >= 0.3 is 0 Å². The van der Waals surface area contributed by atoms with E-state index in [1.165, 1.54) is 4.90 Å². The molecule has 7 nitrogen and oxygen atoms in total. The Labute approximate surface area is 202 Å². The lowest BCUT2D eigenvalue weighted by Crippen LogP contribution is -2.41. The van der Waals surface area contributed by atoms with Gasteiger partial charge in [-0.05, 0) is 53.4 Å². The van der Waals surface area contributed by atoms with Gasteiger partial charge in [-0.1, -0.05) is 35.5 Å². The van der Waals surface area contributed by atoms with Crippen LogP contribution in [0, 0.1) is 29.6 Å². The van der Waals surface area contributed by atoms with Crippen LogP contribution >= 0.6 is 0 Å². The van der Waals surface area contributed by atoms with Gasteiger partial charge in [0.05, 0.1) is 37.5 Å². The summed E-state index contributed by atoms with van der Waals surface area (Å²) in [6, 6.07) is 19.4. The van der Waals surface area contributed by atoms with Crippen LogP contribution < -0.4 is 14.4 Å². The van der Waals surface area contributed by atoms with Crippen LogP contribution in [-0.2, 0) is 14.4 Å². The summed E-state index contributed by atoms with van der Waals surface area (Å²) in [5.41, 5.74) is 2.36. The van der Waals surface area contributed by atoms with Crippen LogP contribution in [0.25, 0.3) is 10.8 Å². The predicted molar refractivity (Wildman–Crippen MR) is 129 cm³/mol. The van der Waals surface area contributed by atoms with Crippen molar-refractivity contribution in [3.05, 3.63) is 66.2 Å². The van der Waals surface area contributed by atoms with Gasteiger partial charge in [0.25, 0.3) is 0 Å². The lowest BCUT2D eigenvalue weighted by atomic mass is 9.71. The van der Waals surface area contributed by atoms with Gasteiger partial charge in [0.15, 0.2) is 11.5 Å². The Kier molecular flexibility index (Phi) is 4.28. The third kappa shape index (κ3) is 2.69. The van der Waals surface area contributed by atoms with Gasteiger partial charge < -0.3 is 14.3 Å². The summed E-state index contributed by atoms with van der Waals surface area (Å²) >= 11 is 0. The molecular formula is C28H24N2O5. The number of hydrogen-bond donors (Lipinski definition) is 0. The zero-order valence-corrected chi connectivity index (χ0v) is 19.4. The zero-order valence-electron chi connectivity index (χ0n) is 19.4. The van der Waals surface area contributed by atoms with E-state index in [1.807, 2.05) is 60.7 Å². The van der Waals surface area contributed by atoms with Crippen molar-refractivity contribution in [1.29, 1.82) is 0 Å². The number of carbonyl (C=O) groups excluding carboxylic acids is 2. The van der Waals surface area contributed by atoms with Crippen molar-refractivity contribution in [3.8, 4) is 11.5 Å². The van der Waals surface area contributed by atoms with Gasteiger partial charge in [0.2, 0.25) is 11.8 Å². The minimum Gasteiger partial charge on any atom is -0.493 e. The largest absolute Gasteiger partial charge is 0.493 e. The fraction of sp³-hybridized carbons (Fsp3) is 0.321. The monoisotopic (exact) mass is 468 g/mol. The van der Waals surface area contributed by atoms with Gasteiger partial charge in [-0.15, -0.1) is 0 Å². The number of hydrogen-bond acceptors (Lipinski definition) is 6. The Morgan fingerprint density at radius 3 is 2.34 bits per heavy atom. The molecular weight excluding hydrogens is 444 g/mol. The first-order chi connectivity index (χ1) is 17.1. The summed E-state index contributed by atoms with van der Waals surface area (Å²) in [5, 5.41) is 6.52. The minimum atomic E-state index is -0.347. The van der Waals surface area contributed by atoms with Gasteiger partial charge in [-0.25, -0.2) is 0 Å². The Hall–Kier alpha value is -3.87. The van der Waals surface area contributed by atoms with E-state index in [2.05, 4.69) is 5.16 Å². The number of amides is 2. The summed E-state index contributed by atoms with van der Waals surface area (Å²) in [7, 11) is 3.20. The highest BCUT2D eigenvalue weighted by Gasteiger charge is 2.70. The first kappa shape index (κ1) is 20.5. The number of benzene rings is 3. The van der Waals surface area contributed by atoms with E-state index in [0.29, 0.717) is 17.2 Å². The highest BCUT2D eigenvalue weighted by molar-refractivity contribution is 6.23. The molecule has 0 unspecified atom stereocenters. The van der Waals surface area contributed by atoms with Crippen LogP contribution in [0.4, 0.5) is 5.69 Å². The van der Waals surface area contributed by atoms with Crippen LogP contribution in [0.15, 0.2) is 65.8 Å².